The van der Waals surface area contributed by atoms with Crippen LogP contribution < -0.4 is 0 Å². The number of fused-ring (bicyclic) bond motifs is 1. The van der Waals surface area contributed by atoms with E-state index in [0.29, 0.717) is 5.15 Å². The molecule has 1 aliphatic heterocycles. The molecule has 118 valence electrons. The molecule has 0 aliphatic carbocycles. The second-order valence-electron chi connectivity index (χ2n) is 5.71. The number of ether oxygens (including phenoxy) is 1. The molecule has 0 spiro atoms. The first-order valence-electron chi connectivity index (χ1n) is 7.68. The van der Waals surface area contributed by atoms with Gasteiger partial charge in [-0.3, -0.25) is 10.00 Å². The van der Waals surface area contributed by atoms with Crippen molar-refractivity contribution in [3.63, 3.8) is 0 Å². The maximum atomic E-state index is 6.12. The van der Waals surface area contributed by atoms with Crippen molar-refractivity contribution in [2.24, 2.45) is 0 Å². The summed E-state index contributed by atoms with van der Waals surface area (Å²) in [5, 5.41) is 8.53. The standard InChI is InChI=1S/C17H17ClN4O/c18-15-9-14-10-19-21-17(14)16(20-15)13-3-1-12(2-4-13)11-22-5-7-23-8-6-22/h1-4,9-10H,5-8,11H2,(H,19,21). The zero-order valence-corrected chi connectivity index (χ0v) is 13.4. The number of morpholine rings is 1. The molecule has 0 amide bonds. The normalized spacial score (nSPS) is 16.0. The van der Waals surface area contributed by atoms with Crippen molar-refractivity contribution in [3.8, 4) is 11.3 Å². The number of rotatable bonds is 3. The van der Waals surface area contributed by atoms with Crippen molar-refractivity contribution in [2.45, 2.75) is 6.54 Å². The molecule has 1 saturated heterocycles. The van der Waals surface area contributed by atoms with Crippen molar-refractivity contribution in [2.75, 3.05) is 26.3 Å². The number of aromatic amines is 1. The Morgan fingerprint density at radius 2 is 1.96 bits per heavy atom. The third kappa shape index (κ3) is 3.08. The van der Waals surface area contributed by atoms with Gasteiger partial charge in [0.25, 0.3) is 0 Å². The number of H-pyrrole nitrogens is 1. The van der Waals surface area contributed by atoms with Gasteiger partial charge in [-0.1, -0.05) is 35.9 Å². The van der Waals surface area contributed by atoms with Crippen LogP contribution in [0.15, 0.2) is 36.5 Å². The molecule has 1 N–H and O–H groups in total. The fraction of sp³-hybridized carbons (Fsp3) is 0.294. The first kappa shape index (κ1) is 14.6. The van der Waals surface area contributed by atoms with Crippen LogP contribution in [-0.2, 0) is 11.3 Å². The van der Waals surface area contributed by atoms with Crippen LogP contribution in [0, 0.1) is 0 Å². The van der Waals surface area contributed by atoms with Gasteiger partial charge in [0.1, 0.15) is 5.15 Å². The molecule has 1 fully saturated rings. The highest BCUT2D eigenvalue weighted by Gasteiger charge is 2.12. The van der Waals surface area contributed by atoms with E-state index in [4.69, 9.17) is 16.3 Å². The summed E-state index contributed by atoms with van der Waals surface area (Å²) >= 11 is 6.12. The number of hydrogen-bond donors (Lipinski definition) is 1. The lowest BCUT2D eigenvalue weighted by Gasteiger charge is -2.26. The van der Waals surface area contributed by atoms with Crippen LogP contribution in [0.3, 0.4) is 0 Å². The van der Waals surface area contributed by atoms with E-state index in [0.717, 1.165) is 55.0 Å². The molecule has 3 aromatic rings. The van der Waals surface area contributed by atoms with Crippen LogP contribution in [0.1, 0.15) is 5.56 Å². The quantitative estimate of drug-likeness (QED) is 0.751. The van der Waals surface area contributed by atoms with Crippen LogP contribution >= 0.6 is 11.6 Å². The minimum absolute atomic E-state index is 0.478. The molecule has 5 nitrogen and oxygen atoms in total. The maximum absolute atomic E-state index is 6.12. The van der Waals surface area contributed by atoms with Crippen molar-refractivity contribution in [1.82, 2.24) is 20.1 Å². The molecule has 0 radical (unpaired) electrons. The fourth-order valence-electron chi connectivity index (χ4n) is 2.91. The second-order valence-corrected chi connectivity index (χ2v) is 6.10. The Bertz CT molecular complexity index is 809. The van der Waals surface area contributed by atoms with E-state index in [9.17, 15) is 0 Å². The number of halogens is 1. The summed E-state index contributed by atoms with van der Waals surface area (Å²) in [6.07, 6.45) is 1.76. The van der Waals surface area contributed by atoms with Crippen molar-refractivity contribution < 1.29 is 4.74 Å². The highest BCUT2D eigenvalue weighted by molar-refractivity contribution is 6.30. The summed E-state index contributed by atoms with van der Waals surface area (Å²) in [6.45, 7) is 4.58. The number of nitrogens with zero attached hydrogens (tertiary/aromatic N) is 3. The minimum atomic E-state index is 0.478. The van der Waals surface area contributed by atoms with Gasteiger partial charge in [-0.25, -0.2) is 4.98 Å². The van der Waals surface area contributed by atoms with Crippen LogP contribution in [0.5, 0.6) is 0 Å². The van der Waals surface area contributed by atoms with Gasteiger partial charge in [-0.15, -0.1) is 0 Å². The highest BCUT2D eigenvalue weighted by atomic mass is 35.5. The first-order chi connectivity index (χ1) is 11.3. The Balaban J connectivity index is 1.60. The molecule has 1 aliphatic rings. The molecule has 2 aromatic heterocycles. The molecule has 3 heterocycles. The topological polar surface area (TPSA) is 54.0 Å². The summed E-state index contributed by atoms with van der Waals surface area (Å²) in [5.41, 5.74) is 4.07. The molecule has 1 aromatic carbocycles. The Morgan fingerprint density at radius 3 is 2.74 bits per heavy atom. The Labute approximate surface area is 139 Å². The lowest BCUT2D eigenvalue weighted by molar-refractivity contribution is 0.0342. The number of hydrogen-bond acceptors (Lipinski definition) is 4. The summed E-state index contributed by atoms with van der Waals surface area (Å²) in [7, 11) is 0. The predicted molar refractivity (Wildman–Crippen MR) is 90.4 cm³/mol. The zero-order valence-electron chi connectivity index (χ0n) is 12.6. The largest absolute Gasteiger partial charge is 0.379 e. The average Bonchev–Trinajstić information content (AvgIpc) is 3.04. The minimum Gasteiger partial charge on any atom is -0.379 e. The zero-order chi connectivity index (χ0) is 15.6. The fourth-order valence-corrected chi connectivity index (χ4v) is 3.11. The van der Waals surface area contributed by atoms with E-state index in [1.54, 1.807) is 6.20 Å². The monoisotopic (exact) mass is 328 g/mol. The molecule has 23 heavy (non-hydrogen) atoms. The molecule has 0 bridgehead atoms. The third-order valence-corrected chi connectivity index (χ3v) is 4.33. The third-order valence-electron chi connectivity index (χ3n) is 4.14. The molecule has 6 heteroatoms. The van der Waals surface area contributed by atoms with E-state index < -0.39 is 0 Å². The Morgan fingerprint density at radius 1 is 1.17 bits per heavy atom. The second kappa shape index (κ2) is 6.28. The van der Waals surface area contributed by atoms with E-state index in [1.807, 2.05) is 6.07 Å². The van der Waals surface area contributed by atoms with Gasteiger partial charge in [-0.05, 0) is 11.6 Å². The van der Waals surface area contributed by atoms with E-state index in [-0.39, 0.29) is 0 Å². The van der Waals surface area contributed by atoms with Gasteiger partial charge in [0.2, 0.25) is 0 Å². The molecule has 0 atom stereocenters. The van der Waals surface area contributed by atoms with Gasteiger partial charge in [0.15, 0.2) is 0 Å². The van der Waals surface area contributed by atoms with Gasteiger partial charge < -0.3 is 4.74 Å². The highest BCUT2D eigenvalue weighted by Crippen LogP contribution is 2.27. The van der Waals surface area contributed by atoms with E-state index in [2.05, 4.69) is 44.3 Å². The number of aromatic nitrogens is 3. The van der Waals surface area contributed by atoms with Crippen LogP contribution in [-0.4, -0.2) is 46.4 Å². The molecule has 4 rings (SSSR count). The SMILES string of the molecule is Clc1cc2cn[nH]c2c(-c2ccc(CN3CCOCC3)cc2)n1. The maximum Gasteiger partial charge on any atom is 0.130 e. The van der Waals surface area contributed by atoms with Crippen molar-refractivity contribution in [3.05, 3.63) is 47.2 Å². The first-order valence-corrected chi connectivity index (χ1v) is 8.06. The van der Waals surface area contributed by atoms with Crippen LogP contribution in [0.4, 0.5) is 0 Å². The van der Waals surface area contributed by atoms with Gasteiger partial charge in [0.05, 0.1) is 30.6 Å². The Hall–Kier alpha value is -1.95. The lowest BCUT2D eigenvalue weighted by Crippen LogP contribution is -2.35. The van der Waals surface area contributed by atoms with Gasteiger partial charge >= 0.3 is 0 Å². The molecule has 0 saturated carbocycles. The molecule has 0 unspecified atom stereocenters. The lowest BCUT2D eigenvalue weighted by atomic mass is 10.1. The smallest absolute Gasteiger partial charge is 0.130 e. The van der Waals surface area contributed by atoms with Crippen molar-refractivity contribution in [1.29, 1.82) is 0 Å². The van der Waals surface area contributed by atoms with E-state index >= 15 is 0 Å². The number of nitrogens with one attached hydrogen (secondary N) is 1. The summed E-state index contributed by atoms with van der Waals surface area (Å²) in [5.74, 6) is 0. The number of benzene rings is 1. The summed E-state index contributed by atoms with van der Waals surface area (Å²) in [4.78, 5) is 6.86. The van der Waals surface area contributed by atoms with E-state index in [1.165, 1.54) is 5.56 Å². The average molecular weight is 329 g/mol. The molecular weight excluding hydrogens is 312 g/mol. The van der Waals surface area contributed by atoms with Crippen LogP contribution in [0.2, 0.25) is 5.15 Å². The summed E-state index contributed by atoms with van der Waals surface area (Å²) in [6, 6.07) is 10.3. The summed E-state index contributed by atoms with van der Waals surface area (Å²) < 4.78 is 5.39. The van der Waals surface area contributed by atoms with Gasteiger partial charge in [-0.2, -0.15) is 5.10 Å². The Kier molecular flexibility index (Phi) is 3.99. The molecular formula is C17H17ClN4O. The van der Waals surface area contributed by atoms with Crippen LogP contribution in [0.25, 0.3) is 22.2 Å². The van der Waals surface area contributed by atoms with Gasteiger partial charge in [0, 0.05) is 30.6 Å². The van der Waals surface area contributed by atoms with Crippen molar-refractivity contribution >= 4 is 22.5 Å². The predicted octanol–water partition coefficient (Wildman–Crippen LogP) is 3.11. The number of pyridine rings is 1.